The molecule has 1 aromatic rings. The number of ketones is 1. The molecule has 0 bridgehead atoms. The van der Waals surface area contributed by atoms with Crippen molar-refractivity contribution in [2.75, 3.05) is 0 Å². The first-order valence-corrected chi connectivity index (χ1v) is 6.66. The van der Waals surface area contributed by atoms with Crippen molar-refractivity contribution in [1.29, 1.82) is 0 Å². The Morgan fingerprint density at radius 2 is 1.74 bits per heavy atom. The first-order valence-electron chi connectivity index (χ1n) is 6.66. The van der Waals surface area contributed by atoms with E-state index in [0.29, 0.717) is 12.2 Å². The zero-order chi connectivity index (χ0) is 14.6. The minimum absolute atomic E-state index is 0.204. The predicted molar refractivity (Wildman–Crippen MR) is 79.4 cm³/mol. The number of rotatable bonds is 0. The van der Waals surface area contributed by atoms with Crippen molar-refractivity contribution < 1.29 is 9.90 Å². The molecule has 0 radical (unpaired) electrons. The minimum atomic E-state index is 0.204. The van der Waals surface area contributed by atoms with Gasteiger partial charge >= 0.3 is 0 Å². The Balaban J connectivity index is 0.000000191. The van der Waals surface area contributed by atoms with E-state index in [4.69, 9.17) is 5.11 Å². The molecular formula is C17H24O2. The van der Waals surface area contributed by atoms with Crippen LogP contribution in [0.2, 0.25) is 0 Å². The number of benzene rings is 1. The molecule has 19 heavy (non-hydrogen) atoms. The number of carbonyl (C=O) groups excluding carboxylic acids is 1. The van der Waals surface area contributed by atoms with Crippen molar-refractivity contribution in [3.8, 4) is 5.75 Å². The maximum atomic E-state index is 11.0. The smallest absolute Gasteiger partial charge is 0.156 e. The Hall–Kier alpha value is -1.57. The van der Waals surface area contributed by atoms with Gasteiger partial charge in [-0.25, -0.2) is 0 Å². The van der Waals surface area contributed by atoms with E-state index in [2.05, 4.69) is 13.8 Å². The molecule has 0 aromatic heterocycles. The van der Waals surface area contributed by atoms with Gasteiger partial charge in [0.1, 0.15) is 5.75 Å². The number of aromatic hydroxyl groups is 1. The molecule has 0 saturated carbocycles. The van der Waals surface area contributed by atoms with Crippen LogP contribution in [0.5, 0.6) is 5.75 Å². The molecule has 2 heteroatoms. The Kier molecular flexibility index (Phi) is 4.93. The van der Waals surface area contributed by atoms with Gasteiger partial charge in [0.05, 0.1) is 0 Å². The first-order chi connectivity index (χ1) is 8.71. The topological polar surface area (TPSA) is 37.3 Å². The number of carbonyl (C=O) groups is 1. The molecule has 0 unspecified atom stereocenters. The molecule has 1 aliphatic carbocycles. The van der Waals surface area contributed by atoms with Crippen LogP contribution in [-0.4, -0.2) is 10.9 Å². The molecule has 0 aliphatic heterocycles. The highest BCUT2D eigenvalue weighted by Crippen LogP contribution is 2.32. The van der Waals surface area contributed by atoms with E-state index in [-0.39, 0.29) is 11.2 Å². The summed E-state index contributed by atoms with van der Waals surface area (Å²) in [4.78, 5) is 11.0. The SMILES string of the molecule is CC1=CC(=O)CC(C)(C)C1.Cc1cccc(O)c1C. The predicted octanol–water partition coefficient (Wildman–Crippen LogP) is 4.33. The average molecular weight is 260 g/mol. The highest BCUT2D eigenvalue weighted by molar-refractivity contribution is 5.91. The van der Waals surface area contributed by atoms with Crippen molar-refractivity contribution in [2.24, 2.45) is 5.41 Å². The minimum Gasteiger partial charge on any atom is -0.508 e. The number of phenolic OH excluding ortho intramolecular Hbond substituents is 1. The van der Waals surface area contributed by atoms with E-state index in [1.165, 1.54) is 5.57 Å². The summed E-state index contributed by atoms with van der Waals surface area (Å²) in [5, 5.41) is 9.10. The normalized spacial score (nSPS) is 17.3. The molecule has 2 nitrogen and oxygen atoms in total. The number of hydrogen-bond acceptors (Lipinski definition) is 2. The highest BCUT2D eigenvalue weighted by Gasteiger charge is 2.25. The molecule has 0 amide bonds. The van der Waals surface area contributed by atoms with Crippen molar-refractivity contribution in [3.63, 3.8) is 0 Å². The van der Waals surface area contributed by atoms with Gasteiger partial charge in [-0.3, -0.25) is 4.79 Å². The summed E-state index contributed by atoms with van der Waals surface area (Å²) in [6.07, 6.45) is 3.55. The summed E-state index contributed by atoms with van der Waals surface area (Å²) in [6.45, 7) is 10.2. The molecule has 104 valence electrons. The largest absolute Gasteiger partial charge is 0.508 e. The van der Waals surface area contributed by atoms with Crippen molar-refractivity contribution in [2.45, 2.75) is 47.5 Å². The standard InChI is InChI=1S/C9H14O.C8H10O/c1-7-4-8(10)6-9(2,3)5-7;1-6-4-3-5-8(9)7(6)2/h4H,5-6H2,1-3H3;3-5,9H,1-2H3. The molecule has 2 rings (SSSR count). The van der Waals surface area contributed by atoms with Crippen LogP contribution in [0, 0.1) is 19.3 Å². The molecular weight excluding hydrogens is 236 g/mol. The van der Waals surface area contributed by atoms with E-state index in [9.17, 15) is 4.79 Å². The Morgan fingerprint density at radius 3 is 2.16 bits per heavy atom. The molecule has 1 aromatic carbocycles. The van der Waals surface area contributed by atoms with Gasteiger partial charge in [-0.1, -0.05) is 31.6 Å². The second kappa shape index (κ2) is 6.05. The number of hydrogen-bond donors (Lipinski definition) is 1. The average Bonchev–Trinajstić information content (AvgIpc) is 2.23. The molecule has 0 heterocycles. The number of aryl methyl sites for hydroxylation is 1. The first kappa shape index (κ1) is 15.5. The second-order valence-electron chi connectivity index (χ2n) is 6.19. The monoisotopic (exact) mass is 260 g/mol. The molecule has 1 aliphatic rings. The fourth-order valence-corrected chi connectivity index (χ4v) is 2.40. The van der Waals surface area contributed by atoms with Gasteiger partial charge in [0.15, 0.2) is 5.78 Å². The highest BCUT2D eigenvalue weighted by atomic mass is 16.3. The van der Waals surface area contributed by atoms with E-state index >= 15 is 0 Å². The van der Waals surface area contributed by atoms with Gasteiger partial charge in [-0.2, -0.15) is 0 Å². The van der Waals surface area contributed by atoms with Crippen LogP contribution in [0.15, 0.2) is 29.8 Å². The van der Waals surface area contributed by atoms with Crippen LogP contribution in [0.25, 0.3) is 0 Å². The molecule has 1 N–H and O–H groups in total. The van der Waals surface area contributed by atoms with Crippen LogP contribution >= 0.6 is 0 Å². The maximum Gasteiger partial charge on any atom is 0.156 e. The summed E-state index contributed by atoms with van der Waals surface area (Å²) >= 11 is 0. The van der Waals surface area contributed by atoms with Gasteiger partial charge in [-0.15, -0.1) is 0 Å². The lowest BCUT2D eigenvalue weighted by Crippen LogP contribution is -2.20. The summed E-state index contributed by atoms with van der Waals surface area (Å²) in [5.41, 5.74) is 3.53. The summed E-state index contributed by atoms with van der Waals surface area (Å²) < 4.78 is 0. The van der Waals surface area contributed by atoms with Gasteiger partial charge in [-0.05, 0) is 55.9 Å². The lowest BCUT2D eigenvalue weighted by Gasteiger charge is -2.27. The lowest BCUT2D eigenvalue weighted by molar-refractivity contribution is -0.117. The Bertz CT molecular complexity index is 476. The third-order valence-corrected chi connectivity index (χ3v) is 3.39. The van der Waals surface area contributed by atoms with Crippen molar-refractivity contribution in [3.05, 3.63) is 41.0 Å². The molecule has 0 atom stereocenters. The summed E-state index contributed by atoms with van der Waals surface area (Å²) in [7, 11) is 0. The van der Waals surface area contributed by atoms with Crippen molar-refractivity contribution >= 4 is 5.78 Å². The van der Waals surface area contributed by atoms with Gasteiger partial charge in [0.25, 0.3) is 0 Å². The van der Waals surface area contributed by atoms with E-state index in [1.807, 2.05) is 32.9 Å². The molecule has 0 spiro atoms. The number of allylic oxidation sites excluding steroid dienone is 2. The fourth-order valence-electron chi connectivity index (χ4n) is 2.40. The van der Waals surface area contributed by atoms with E-state index < -0.39 is 0 Å². The van der Waals surface area contributed by atoms with Crippen LogP contribution in [-0.2, 0) is 4.79 Å². The molecule has 0 saturated heterocycles. The van der Waals surface area contributed by atoms with Gasteiger partial charge in [0, 0.05) is 6.42 Å². The Morgan fingerprint density at radius 1 is 1.11 bits per heavy atom. The third kappa shape index (κ3) is 4.90. The van der Waals surface area contributed by atoms with Crippen LogP contribution < -0.4 is 0 Å². The number of phenols is 1. The fraction of sp³-hybridized carbons (Fsp3) is 0.471. The maximum absolute atomic E-state index is 11.0. The van der Waals surface area contributed by atoms with Crippen molar-refractivity contribution in [1.82, 2.24) is 0 Å². The summed E-state index contributed by atoms with van der Waals surface area (Å²) in [6, 6.07) is 5.52. The zero-order valence-electron chi connectivity index (χ0n) is 12.6. The van der Waals surface area contributed by atoms with Gasteiger partial charge in [0.2, 0.25) is 0 Å². The zero-order valence-corrected chi connectivity index (χ0v) is 12.6. The Labute approximate surface area is 116 Å². The second-order valence-corrected chi connectivity index (χ2v) is 6.19. The van der Waals surface area contributed by atoms with Crippen LogP contribution in [0.4, 0.5) is 0 Å². The quantitative estimate of drug-likeness (QED) is 0.753. The van der Waals surface area contributed by atoms with Gasteiger partial charge < -0.3 is 5.11 Å². The lowest BCUT2D eigenvalue weighted by atomic mass is 9.77. The summed E-state index contributed by atoms with van der Waals surface area (Å²) in [5.74, 6) is 0.670. The van der Waals surface area contributed by atoms with E-state index in [1.54, 1.807) is 12.1 Å². The van der Waals surface area contributed by atoms with Crippen LogP contribution in [0.3, 0.4) is 0 Å². The van der Waals surface area contributed by atoms with Crippen LogP contribution in [0.1, 0.15) is 44.7 Å². The van der Waals surface area contributed by atoms with E-state index in [0.717, 1.165) is 17.5 Å². The third-order valence-electron chi connectivity index (χ3n) is 3.39. The molecule has 0 fully saturated rings.